The van der Waals surface area contributed by atoms with E-state index in [0.29, 0.717) is 12.5 Å². The molecule has 0 amide bonds. The van der Waals surface area contributed by atoms with Gasteiger partial charge in [0.1, 0.15) is 5.82 Å². The number of imidazole rings is 1. The molecule has 1 atom stereocenters. The Hall–Kier alpha value is -1.35. The lowest BCUT2D eigenvalue weighted by Crippen LogP contribution is -2.24. The SMILES string of the molecule is CCC(C)Cc1nc2cc(CN)ccc2n1C(C)(C)C. The molecule has 1 unspecified atom stereocenters. The molecule has 0 radical (unpaired) electrons. The van der Waals surface area contributed by atoms with Crippen LogP contribution in [-0.4, -0.2) is 9.55 Å². The van der Waals surface area contributed by atoms with E-state index in [1.54, 1.807) is 0 Å². The molecule has 0 bridgehead atoms. The molecule has 2 N–H and O–H groups in total. The average molecular weight is 273 g/mol. The van der Waals surface area contributed by atoms with Gasteiger partial charge >= 0.3 is 0 Å². The molecule has 0 saturated carbocycles. The second-order valence-corrected chi connectivity index (χ2v) is 6.78. The minimum Gasteiger partial charge on any atom is -0.326 e. The zero-order valence-electron chi connectivity index (χ0n) is 13.4. The third-order valence-corrected chi connectivity index (χ3v) is 3.92. The van der Waals surface area contributed by atoms with Crippen LogP contribution in [0, 0.1) is 5.92 Å². The van der Waals surface area contributed by atoms with Crippen molar-refractivity contribution < 1.29 is 0 Å². The summed E-state index contributed by atoms with van der Waals surface area (Å²) in [5, 5.41) is 0. The number of rotatable bonds is 4. The predicted octanol–water partition coefficient (Wildman–Crippen LogP) is 3.84. The van der Waals surface area contributed by atoms with Gasteiger partial charge in [0, 0.05) is 18.5 Å². The van der Waals surface area contributed by atoms with Crippen LogP contribution in [0.15, 0.2) is 18.2 Å². The van der Waals surface area contributed by atoms with Gasteiger partial charge in [-0.3, -0.25) is 0 Å². The highest BCUT2D eigenvalue weighted by molar-refractivity contribution is 5.77. The van der Waals surface area contributed by atoms with Crippen LogP contribution in [0.4, 0.5) is 0 Å². The molecule has 3 nitrogen and oxygen atoms in total. The number of aromatic nitrogens is 2. The fourth-order valence-corrected chi connectivity index (χ4v) is 2.64. The van der Waals surface area contributed by atoms with Crippen molar-refractivity contribution >= 4 is 11.0 Å². The third-order valence-electron chi connectivity index (χ3n) is 3.92. The lowest BCUT2D eigenvalue weighted by Gasteiger charge is -2.25. The zero-order valence-corrected chi connectivity index (χ0v) is 13.4. The molecule has 0 aliphatic carbocycles. The molecular weight excluding hydrogens is 246 g/mol. The molecular formula is C17H27N3. The number of hydrogen-bond donors (Lipinski definition) is 1. The number of benzene rings is 1. The smallest absolute Gasteiger partial charge is 0.110 e. The molecule has 20 heavy (non-hydrogen) atoms. The summed E-state index contributed by atoms with van der Waals surface area (Å²) in [6.07, 6.45) is 2.21. The summed E-state index contributed by atoms with van der Waals surface area (Å²) in [6.45, 7) is 11.8. The van der Waals surface area contributed by atoms with Gasteiger partial charge in [0.05, 0.1) is 11.0 Å². The molecule has 110 valence electrons. The Morgan fingerprint density at radius 1 is 1.30 bits per heavy atom. The molecule has 0 saturated heterocycles. The van der Waals surface area contributed by atoms with Crippen LogP contribution in [0.25, 0.3) is 11.0 Å². The number of hydrogen-bond acceptors (Lipinski definition) is 2. The third kappa shape index (κ3) is 2.88. The Morgan fingerprint density at radius 3 is 2.55 bits per heavy atom. The predicted molar refractivity (Wildman–Crippen MR) is 85.8 cm³/mol. The van der Waals surface area contributed by atoms with Crippen molar-refractivity contribution in [2.45, 2.75) is 59.5 Å². The Morgan fingerprint density at radius 2 is 2.00 bits per heavy atom. The molecule has 1 aromatic heterocycles. The van der Waals surface area contributed by atoms with Gasteiger partial charge in [0.2, 0.25) is 0 Å². The molecule has 0 fully saturated rings. The van der Waals surface area contributed by atoms with Crippen LogP contribution in [0.5, 0.6) is 0 Å². The number of nitrogens with two attached hydrogens (primary N) is 1. The maximum atomic E-state index is 5.74. The van der Waals surface area contributed by atoms with Crippen molar-refractivity contribution in [2.24, 2.45) is 11.7 Å². The second-order valence-electron chi connectivity index (χ2n) is 6.78. The van der Waals surface area contributed by atoms with Gasteiger partial charge in [0.15, 0.2) is 0 Å². The molecule has 3 heteroatoms. The largest absolute Gasteiger partial charge is 0.326 e. The van der Waals surface area contributed by atoms with Crippen molar-refractivity contribution in [2.75, 3.05) is 0 Å². The van der Waals surface area contributed by atoms with Crippen molar-refractivity contribution in [3.8, 4) is 0 Å². The molecule has 0 aliphatic heterocycles. The highest BCUT2D eigenvalue weighted by Gasteiger charge is 2.22. The van der Waals surface area contributed by atoms with Gasteiger partial charge in [-0.1, -0.05) is 26.3 Å². The monoisotopic (exact) mass is 273 g/mol. The van der Waals surface area contributed by atoms with Crippen LogP contribution in [0.1, 0.15) is 52.4 Å². The maximum Gasteiger partial charge on any atom is 0.110 e. The summed E-state index contributed by atoms with van der Waals surface area (Å²) in [7, 11) is 0. The first-order chi connectivity index (χ1) is 9.36. The first-order valence-corrected chi connectivity index (χ1v) is 7.57. The average Bonchev–Trinajstić information content (AvgIpc) is 2.74. The lowest BCUT2D eigenvalue weighted by molar-refractivity contribution is 0.382. The van der Waals surface area contributed by atoms with Crippen molar-refractivity contribution in [3.05, 3.63) is 29.6 Å². The minimum atomic E-state index is 0.0434. The quantitative estimate of drug-likeness (QED) is 0.919. The first-order valence-electron chi connectivity index (χ1n) is 7.57. The standard InChI is InChI=1S/C17H27N3/c1-6-12(2)9-16-19-14-10-13(11-18)7-8-15(14)20(16)17(3,4)5/h7-8,10,12H,6,9,11,18H2,1-5H3. The minimum absolute atomic E-state index is 0.0434. The van der Waals surface area contributed by atoms with E-state index >= 15 is 0 Å². The zero-order chi connectivity index (χ0) is 14.9. The van der Waals surface area contributed by atoms with Crippen LogP contribution in [-0.2, 0) is 18.5 Å². The van der Waals surface area contributed by atoms with Gasteiger partial charge < -0.3 is 10.3 Å². The van der Waals surface area contributed by atoms with Crippen LogP contribution >= 0.6 is 0 Å². The van der Waals surface area contributed by atoms with Crippen molar-refractivity contribution in [3.63, 3.8) is 0 Å². The molecule has 2 aromatic rings. The highest BCUT2D eigenvalue weighted by atomic mass is 15.1. The van der Waals surface area contributed by atoms with E-state index < -0.39 is 0 Å². The van der Waals surface area contributed by atoms with Gasteiger partial charge in [0.25, 0.3) is 0 Å². The molecule has 0 aliphatic rings. The molecule has 1 aromatic carbocycles. The molecule has 0 spiro atoms. The van der Waals surface area contributed by atoms with Gasteiger partial charge in [-0.25, -0.2) is 4.98 Å². The van der Waals surface area contributed by atoms with Gasteiger partial charge in [-0.05, 0) is 44.4 Å². The van der Waals surface area contributed by atoms with E-state index in [1.807, 2.05) is 0 Å². The Bertz CT molecular complexity index is 590. The molecule has 2 rings (SSSR count). The van der Waals surface area contributed by atoms with E-state index in [1.165, 1.54) is 17.8 Å². The summed E-state index contributed by atoms with van der Waals surface area (Å²) >= 11 is 0. The molecule has 1 heterocycles. The second kappa shape index (κ2) is 5.57. The van der Waals surface area contributed by atoms with E-state index in [9.17, 15) is 0 Å². The number of fused-ring (bicyclic) bond motifs is 1. The number of nitrogens with zero attached hydrogens (tertiary/aromatic N) is 2. The summed E-state index contributed by atoms with van der Waals surface area (Å²) < 4.78 is 2.38. The van der Waals surface area contributed by atoms with E-state index in [4.69, 9.17) is 10.7 Å². The lowest BCUT2D eigenvalue weighted by atomic mass is 10.0. The van der Waals surface area contributed by atoms with Crippen molar-refractivity contribution in [1.82, 2.24) is 9.55 Å². The summed E-state index contributed by atoms with van der Waals surface area (Å²) in [5.74, 6) is 1.85. The van der Waals surface area contributed by atoms with E-state index in [0.717, 1.165) is 17.5 Å². The summed E-state index contributed by atoms with van der Waals surface area (Å²) in [4.78, 5) is 4.88. The topological polar surface area (TPSA) is 43.8 Å². The Kier molecular flexibility index (Phi) is 4.19. The Labute approximate surface area is 122 Å². The highest BCUT2D eigenvalue weighted by Crippen LogP contribution is 2.27. The maximum absolute atomic E-state index is 5.74. The first kappa shape index (κ1) is 15.0. The van der Waals surface area contributed by atoms with Crippen LogP contribution in [0.3, 0.4) is 0 Å². The van der Waals surface area contributed by atoms with Gasteiger partial charge in [-0.15, -0.1) is 0 Å². The summed E-state index contributed by atoms with van der Waals surface area (Å²) in [5.41, 5.74) is 9.21. The van der Waals surface area contributed by atoms with Crippen LogP contribution < -0.4 is 5.73 Å². The van der Waals surface area contributed by atoms with Crippen molar-refractivity contribution in [1.29, 1.82) is 0 Å². The normalized spacial score (nSPS) is 13.9. The van der Waals surface area contributed by atoms with E-state index in [2.05, 4.69) is 57.4 Å². The fourth-order valence-electron chi connectivity index (χ4n) is 2.64. The fraction of sp³-hybridized carbons (Fsp3) is 0.588. The van der Waals surface area contributed by atoms with Gasteiger partial charge in [-0.2, -0.15) is 0 Å². The van der Waals surface area contributed by atoms with Crippen LogP contribution in [0.2, 0.25) is 0 Å². The summed E-state index contributed by atoms with van der Waals surface area (Å²) in [6, 6.07) is 6.40. The van der Waals surface area contributed by atoms with E-state index in [-0.39, 0.29) is 5.54 Å². The Balaban J connectivity index is 2.60.